The Bertz CT molecular complexity index is 631. The van der Waals surface area contributed by atoms with Crippen molar-refractivity contribution in [2.45, 2.75) is 70.5 Å². The lowest BCUT2D eigenvalue weighted by Gasteiger charge is -2.38. The number of ether oxygens (including phenoxy) is 3. The van der Waals surface area contributed by atoms with Crippen LogP contribution in [-0.2, 0) is 9.47 Å². The highest BCUT2D eigenvalue weighted by Crippen LogP contribution is 2.42. The molecule has 1 heterocycles. The van der Waals surface area contributed by atoms with Crippen LogP contribution in [0.1, 0.15) is 64.2 Å². The van der Waals surface area contributed by atoms with E-state index in [2.05, 4.69) is 0 Å². The summed E-state index contributed by atoms with van der Waals surface area (Å²) < 4.78 is 43.1. The van der Waals surface area contributed by atoms with E-state index < -0.39 is 11.6 Å². The highest BCUT2D eigenvalue weighted by Gasteiger charge is 2.31. The van der Waals surface area contributed by atoms with E-state index in [-0.39, 0.29) is 6.29 Å². The van der Waals surface area contributed by atoms with Crippen LogP contribution in [-0.4, -0.2) is 26.1 Å². The van der Waals surface area contributed by atoms with Crippen molar-refractivity contribution in [2.24, 2.45) is 23.7 Å². The molecule has 5 heteroatoms. The third-order valence-corrected chi connectivity index (χ3v) is 7.33. The molecule has 162 valence electrons. The highest BCUT2D eigenvalue weighted by molar-refractivity contribution is 5.23. The van der Waals surface area contributed by atoms with Gasteiger partial charge in [-0.15, -0.1) is 0 Å². The predicted octanol–water partition coefficient (Wildman–Crippen LogP) is 6.11. The lowest BCUT2D eigenvalue weighted by molar-refractivity contribution is -0.0514. The van der Waals surface area contributed by atoms with Gasteiger partial charge in [-0.25, -0.2) is 8.78 Å². The second kappa shape index (κ2) is 10.2. The maximum atomic E-state index is 13.3. The van der Waals surface area contributed by atoms with E-state index in [0.29, 0.717) is 18.3 Å². The fourth-order valence-electron chi connectivity index (χ4n) is 5.50. The first-order valence-corrected chi connectivity index (χ1v) is 11.5. The molecule has 1 aromatic rings. The molecule has 1 aliphatic heterocycles. The average Bonchev–Trinajstić information content (AvgIpc) is 3.28. The minimum Gasteiger partial charge on any atom is -0.493 e. The van der Waals surface area contributed by atoms with Crippen LogP contribution < -0.4 is 4.74 Å². The summed E-state index contributed by atoms with van der Waals surface area (Å²) in [6.07, 6.45) is 12.7. The SMILES string of the molecule is Fc1ccc(OCC2CCC([C@H]3CC[C@H](CCC4OCCO4)CC3)CC2)cc1F. The molecule has 1 aromatic carbocycles. The van der Waals surface area contributed by atoms with Gasteiger partial charge in [0.2, 0.25) is 0 Å². The number of hydrogen-bond donors (Lipinski definition) is 0. The van der Waals surface area contributed by atoms with Gasteiger partial charge >= 0.3 is 0 Å². The Balaban J connectivity index is 1.12. The minimum atomic E-state index is -0.842. The van der Waals surface area contributed by atoms with Crippen LogP contribution in [0.5, 0.6) is 5.75 Å². The Hall–Kier alpha value is -1.20. The molecule has 0 spiro atoms. The number of halogens is 2. The van der Waals surface area contributed by atoms with Crippen molar-refractivity contribution < 1.29 is 23.0 Å². The van der Waals surface area contributed by atoms with Gasteiger partial charge in [-0.05, 0) is 87.2 Å². The van der Waals surface area contributed by atoms with E-state index in [9.17, 15) is 8.78 Å². The summed E-state index contributed by atoms with van der Waals surface area (Å²) in [6.45, 7) is 2.12. The van der Waals surface area contributed by atoms with Crippen LogP contribution in [0.4, 0.5) is 8.78 Å². The van der Waals surface area contributed by atoms with Gasteiger partial charge in [-0.2, -0.15) is 0 Å². The molecule has 1 saturated heterocycles. The van der Waals surface area contributed by atoms with Crippen molar-refractivity contribution in [1.29, 1.82) is 0 Å². The maximum absolute atomic E-state index is 13.3. The zero-order chi connectivity index (χ0) is 20.1. The van der Waals surface area contributed by atoms with Crippen molar-refractivity contribution in [1.82, 2.24) is 0 Å². The van der Waals surface area contributed by atoms with Crippen molar-refractivity contribution in [3.8, 4) is 5.75 Å². The smallest absolute Gasteiger partial charge is 0.162 e. The van der Waals surface area contributed by atoms with Gasteiger partial charge in [0.1, 0.15) is 5.75 Å². The summed E-state index contributed by atoms with van der Waals surface area (Å²) in [4.78, 5) is 0. The highest BCUT2D eigenvalue weighted by atomic mass is 19.2. The van der Waals surface area contributed by atoms with Gasteiger partial charge in [-0.1, -0.05) is 12.8 Å². The average molecular weight is 409 g/mol. The van der Waals surface area contributed by atoms with Crippen LogP contribution in [0.25, 0.3) is 0 Å². The molecule has 29 heavy (non-hydrogen) atoms. The molecule has 0 radical (unpaired) electrons. The molecule has 3 fully saturated rings. The Morgan fingerprint density at radius 1 is 0.759 bits per heavy atom. The van der Waals surface area contributed by atoms with Crippen molar-refractivity contribution in [3.63, 3.8) is 0 Å². The molecule has 0 amide bonds. The topological polar surface area (TPSA) is 27.7 Å². The first-order valence-electron chi connectivity index (χ1n) is 11.5. The molecule has 0 aromatic heterocycles. The van der Waals surface area contributed by atoms with E-state index in [1.807, 2.05) is 0 Å². The first-order chi connectivity index (χ1) is 14.2. The van der Waals surface area contributed by atoms with Gasteiger partial charge in [0, 0.05) is 6.07 Å². The summed E-state index contributed by atoms with van der Waals surface area (Å²) in [5.74, 6) is 1.88. The zero-order valence-corrected chi connectivity index (χ0v) is 17.3. The van der Waals surface area contributed by atoms with Crippen molar-refractivity contribution in [3.05, 3.63) is 29.8 Å². The number of benzene rings is 1. The molecule has 3 nitrogen and oxygen atoms in total. The zero-order valence-electron chi connectivity index (χ0n) is 17.3. The van der Waals surface area contributed by atoms with Crippen LogP contribution in [0.2, 0.25) is 0 Å². The largest absolute Gasteiger partial charge is 0.493 e. The molecule has 2 saturated carbocycles. The quantitative estimate of drug-likeness (QED) is 0.545. The molecule has 0 atom stereocenters. The molecule has 0 N–H and O–H groups in total. The Labute approximate surface area is 173 Å². The summed E-state index contributed by atoms with van der Waals surface area (Å²) >= 11 is 0. The lowest BCUT2D eigenvalue weighted by atomic mass is 9.69. The van der Waals surface area contributed by atoms with E-state index >= 15 is 0 Å². The molecular formula is C24H34F2O3. The second-order valence-electron chi connectivity index (χ2n) is 9.20. The van der Waals surface area contributed by atoms with Crippen molar-refractivity contribution in [2.75, 3.05) is 19.8 Å². The Morgan fingerprint density at radius 3 is 2.00 bits per heavy atom. The van der Waals surface area contributed by atoms with E-state index in [1.54, 1.807) is 0 Å². The summed E-state index contributed by atoms with van der Waals surface area (Å²) in [7, 11) is 0. The third kappa shape index (κ3) is 5.91. The Morgan fingerprint density at radius 2 is 1.38 bits per heavy atom. The van der Waals surface area contributed by atoms with Gasteiger partial charge in [0.05, 0.1) is 19.8 Å². The normalized spacial score (nSPS) is 31.1. The van der Waals surface area contributed by atoms with Gasteiger partial charge in [0.15, 0.2) is 17.9 Å². The molecule has 4 rings (SSSR count). The van der Waals surface area contributed by atoms with Gasteiger partial charge in [0.25, 0.3) is 0 Å². The van der Waals surface area contributed by atoms with Gasteiger partial charge in [-0.3, -0.25) is 0 Å². The molecule has 0 unspecified atom stereocenters. The molecule has 2 aliphatic carbocycles. The number of rotatable bonds is 7. The number of hydrogen-bond acceptors (Lipinski definition) is 3. The van der Waals surface area contributed by atoms with Crippen molar-refractivity contribution >= 4 is 0 Å². The summed E-state index contributed by atoms with van der Waals surface area (Å²) in [6, 6.07) is 3.78. The second-order valence-corrected chi connectivity index (χ2v) is 9.20. The van der Waals surface area contributed by atoms with E-state index in [1.165, 1.54) is 63.9 Å². The van der Waals surface area contributed by atoms with Crippen LogP contribution in [0.3, 0.4) is 0 Å². The van der Waals surface area contributed by atoms with Crippen LogP contribution in [0.15, 0.2) is 18.2 Å². The van der Waals surface area contributed by atoms with Gasteiger partial charge < -0.3 is 14.2 Å². The standard InChI is InChI=1S/C24H34F2O3/c25-22-11-10-21(15-23(22)26)29-16-18-3-8-20(9-4-18)19-6-1-17(2-7-19)5-12-24-27-13-14-28-24/h10-11,15,17-20,24H,1-9,12-14,16H2/t17-,18?,19-,20?. The molecule has 3 aliphatic rings. The van der Waals surface area contributed by atoms with E-state index in [4.69, 9.17) is 14.2 Å². The third-order valence-electron chi connectivity index (χ3n) is 7.33. The first kappa shape index (κ1) is 21.0. The lowest BCUT2D eigenvalue weighted by Crippen LogP contribution is -2.27. The maximum Gasteiger partial charge on any atom is 0.162 e. The predicted molar refractivity (Wildman–Crippen MR) is 108 cm³/mol. The minimum absolute atomic E-state index is 0.0524. The van der Waals surface area contributed by atoms with Crippen LogP contribution in [0, 0.1) is 35.3 Å². The van der Waals surface area contributed by atoms with Crippen LogP contribution >= 0.6 is 0 Å². The molecular weight excluding hydrogens is 374 g/mol. The summed E-state index contributed by atoms with van der Waals surface area (Å²) in [5.41, 5.74) is 0. The fraction of sp³-hybridized carbons (Fsp3) is 0.750. The monoisotopic (exact) mass is 408 g/mol. The van der Waals surface area contributed by atoms with E-state index in [0.717, 1.165) is 49.5 Å². The Kier molecular flexibility index (Phi) is 7.41. The fourth-order valence-corrected chi connectivity index (χ4v) is 5.50. The summed E-state index contributed by atoms with van der Waals surface area (Å²) in [5, 5.41) is 0. The molecule has 0 bridgehead atoms.